The van der Waals surface area contributed by atoms with E-state index in [1.54, 1.807) is 6.33 Å². The van der Waals surface area contributed by atoms with E-state index < -0.39 is 6.10 Å². The number of aliphatic hydroxyl groups is 1. The second-order valence-corrected chi connectivity index (χ2v) is 6.12. The average Bonchev–Trinajstić information content (AvgIpc) is 2.84. The normalized spacial score (nSPS) is 18.4. The Labute approximate surface area is 121 Å². The molecule has 108 valence electrons. The van der Waals surface area contributed by atoms with E-state index in [1.807, 2.05) is 16.3 Å². The number of hydrogen-bond donors (Lipinski definition) is 2. The van der Waals surface area contributed by atoms with Crippen molar-refractivity contribution in [1.82, 2.24) is 24.4 Å². The van der Waals surface area contributed by atoms with Gasteiger partial charge in [0, 0.05) is 31.1 Å². The van der Waals surface area contributed by atoms with E-state index in [1.165, 1.54) is 6.33 Å². The van der Waals surface area contributed by atoms with E-state index in [-0.39, 0.29) is 0 Å². The summed E-state index contributed by atoms with van der Waals surface area (Å²) in [6, 6.07) is 0. The van der Waals surface area contributed by atoms with Gasteiger partial charge in [-0.25, -0.2) is 15.0 Å². The number of nitrogens with zero attached hydrogens (tertiary/aromatic N) is 5. The molecule has 0 saturated carbocycles. The standard InChI is InChI=1S/C12H18N6OS/c13-11-10-12(15-7-14-11)18(8-16-10)6-9(19)5-17-1-3-20-4-2-17/h7-9,19H,1-6H2,(H2,13,14,15). The first-order chi connectivity index (χ1) is 9.74. The van der Waals surface area contributed by atoms with E-state index in [2.05, 4.69) is 19.9 Å². The van der Waals surface area contributed by atoms with Gasteiger partial charge in [-0.3, -0.25) is 4.90 Å². The molecule has 0 spiro atoms. The minimum absolute atomic E-state index is 0.372. The highest BCUT2D eigenvalue weighted by molar-refractivity contribution is 7.99. The number of β-amino-alcohol motifs (C(OH)–C–C–N with tert-alkyl or cyclic N) is 1. The number of hydrogen-bond acceptors (Lipinski definition) is 7. The van der Waals surface area contributed by atoms with Crippen molar-refractivity contribution in [2.45, 2.75) is 12.6 Å². The first-order valence-corrected chi connectivity index (χ1v) is 7.79. The fourth-order valence-corrected chi connectivity index (χ4v) is 3.38. The van der Waals surface area contributed by atoms with Gasteiger partial charge in [0.2, 0.25) is 0 Å². The maximum Gasteiger partial charge on any atom is 0.165 e. The predicted molar refractivity (Wildman–Crippen MR) is 79.5 cm³/mol. The lowest BCUT2D eigenvalue weighted by atomic mass is 10.3. The van der Waals surface area contributed by atoms with E-state index in [4.69, 9.17) is 5.73 Å². The van der Waals surface area contributed by atoms with Gasteiger partial charge in [0.15, 0.2) is 11.5 Å². The van der Waals surface area contributed by atoms with Crippen LogP contribution in [-0.4, -0.2) is 66.8 Å². The molecule has 3 rings (SSSR count). The highest BCUT2D eigenvalue weighted by Crippen LogP contribution is 2.15. The van der Waals surface area contributed by atoms with Gasteiger partial charge in [-0.05, 0) is 0 Å². The van der Waals surface area contributed by atoms with Crippen LogP contribution >= 0.6 is 11.8 Å². The summed E-state index contributed by atoms with van der Waals surface area (Å²) < 4.78 is 1.83. The quantitative estimate of drug-likeness (QED) is 0.808. The van der Waals surface area contributed by atoms with E-state index in [9.17, 15) is 5.11 Å². The van der Waals surface area contributed by atoms with Crippen LogP contribution in [0.3, 0.4) is 0 Å². The predicted octanol–water partition coefficient (Wildman–Crippen LogP) is -0.182. The van der Waals surface area contributed by atoms with Crippen LogP contribution in [0.1, 0.15) is 0 Å². The van der Waals surface area contributed by atoms with E-state index in [0.717, 1.165) is 24.6 Å². The topological polar surface area (TPSA) is 93.1 Å². The van der Waals surface area contributed by atoms with Gasteiger partial charge in [0.25, 0.3) is 0 Å². The second-order valence-electron chi connectivity index (χ2n) is 4.89. The maximum absolute atomic E-state index is 10.2. The Hall–Kier alpha value is -1.38. The van der Waals surface area contributed by atoms with Crippen LogP contribution in [0.2, 0.25) is 0 Å². The molecule has 0 amide bonds. The van der Waals surface area contributed by atoms with Crippen molar-refractivity contribution in [2.75, 3.05) is 36.9 Å². The molecular weight excluding hydrogens is 276 g/mol. The zero-order valence-corrected chi connectivity index (χ0v) is 12.0. The Bertz CT molecular complexity index is 582. The molecule has 20 heavy (non-hydrogen) atoms. The maximum atomic E-state index is 10.2. The van der Waals surface area contributed by atoms with Crippen molar-refractivity contribution in [3.63, 3.8) is 0 Å². The van der Waals surface area contributed by atoms with Crippen molar-refractivity contribution in [1.29, 1.82) is 0 Å². The van der Waals surface area contributed by atoms with Crippen LogP contribution < -0.4 is 5.73 Å². The molecule has 1 saturated heterocycles. The summed E-state index contributed by atoms with van der Waals surface area (Å²) in [4.78, 5) is 14.6. The summed E-state index contributed by atoms with van der Waals surface area (Å²) in [6.07, 6.45) is 2.64. The molecular formula is C12H18N6OS. The molecule has 0 bridgehead atoms. The number of imidazole rings is 1. The number of nitrogens with two attached hydrogens (primary N) is 1. The summed E-state index contributed by atoms with van der Waals surface area (Å²) in [6.45, 7) is 3.24. The Morgan fingerprint density at radius 1 is 1.25 bits per heavy atom. The van der Waals surface area contributed by atoms with Crippen molar-refractivity contribution in [3.05, 3.63) is 12.7 Å². The number of fused-ring (bicyclic) bond motifs is 1. The van der Waals surface area contributed by atoms with E-state index in [0.29, 0.717) is 30.1 Å². The van der Waals surface area contributed by atoms with Crippen molar-refractivity contribution in [2.24, 2.45) is 0 Å². The van der Waals surface area contributed by atoms with Crippen molar-refractivity contribution < 1.29 is 5.11 Å². The Balaban J connectivity index is 1.68. The number of aromatic nitrogens is 4. The fourth-order valence-electron chi connectivity index (χ4n) is 2.40. The van der Waals surface area contributed by atoms with Crippen LogP contribution in [0.4, 0.5) is 5.82 Å². The Morgan fingerprint density at radius 3 is 2.85 bits per heavy atom. The largest absolute Gasteiger partial charge is 0.390 e. The average molecular weight is 294 g/mol. The van der Waals surface area contributed by atoms with Crippen LogP contribution in [0, 0.1) is 0 Å². The van der Waals surface area contributed by atoms with Gasteiger partial charge in [0.05, 0.1) is 19.0 Å². The summed E-state index contributed by atoms with van der Waals surface area (Å²) >= 11 is 1.97. The molecule has 1 fully saturated rings. The lowest BCUT2D eigenvalue weighted by Gasteiger charge is -2.28. The molecule has 3 heterocycles. The zero-order valence-electron chi connectivity index (χ0n) is 11.1. The summed E-state index contributed by atoms with van der Waals surface area (Å²) in [5.41, 5.74) is 7.01. The zero-order chi connectivity index (χ0) is 13.9. The van der Waals surface area contributed by atoms with Crippen LogP contribution in [0.25, 0.3) is 11.2 Å². The molecule has 2 aromatic rings. The number of anilines is 1. The number of nitrogen functional groups attached to an aromatic ring is 1. The molecule has 2 aromatic heterocycles. The number of aliphatic hydroxyl groups excluding tert-OH is 1. The third kappa shape index (κ3) is 2.87. The lowest BCUT2D eigenvalue weighted by molar-refractivity contribution is 0.104. The van der Waals surface area contributed by atoms with Crippen LogP contribution in [0.5, 0.6) is 0 Å². The van der Waals surface area contributed by atoms with Gasteiger partial charge in [-0.15, -0.1) is 0 Å². The third-order valence-corrected chi connectivity index (χ3v) is 4.35. The highest BCUT2D eigenvalue weighted by atomic mass is 32.2. The summed E-state index contributed by atoms with van der Waals surface area (Å²) in [5, 5.41) is 10.2. The molecule has 1 atom stereocenters. The van der Waals surface area contributed by atoms with Crippen LogP contribution in [-0.2, 0) is 6.54 Å². The first kappa shape index (κ1) is 13.6. The van der Waals surface area contributed by atoms with Gasteiger partial charge < -0.3 is 15.4 Å². The van der Waals surface area contributed by atoms with Crippen molar-refractivity contribution >= 4 is 28.7 Å². The molecule has 1 aliphatic heterocycles. The van der Waals surface area contributed by atoms with Crippen molar-refractivity contribution in [3.8, 4) is 0 Å². The summed E-state index contributed by atoms with van der Waals surface area (Å²) in [5.74, 6) is 2.66. The smallest absolute Gasteiger partial charge is 0.165 e. The Kier molecular flexibility index (Phi) is 4.04. The number of thioether (sulfide) groups is 1. The summed E-state index contributed by atoms with van der Waals surface area (Å²) in [7, 11) is 0. The second kappa shape index (κ2) is 5.94. The lowest BCUT2D eigenvalue weighted by Crippen LogP contribution is -2.39. The molecule has 1 unspecified atom stereocenters. The molecule has 0 aromatic carbocycles. The third-order valence-electron chi connectivity index (χ3n) is 3.41. The van der Waals surface area contributed by atoms with Crippen LogP contribution in [0.15, 0.2) is 12.7 Å². The molecule has 0 aliphatic carbocycles. The first-order valence-electron chi connectivity index (χ1n) is 6.63. The van der Waals surface area contributed by atoms with E-state index >= 15 is 0 Å². The fraction of sp³-hybridized carbons (Fsp3) is 0.583. The minimum atomic E-state index is -0.438. The molecule has 7 nitrogen and oxygen atoms in total. The monoisotopic (exact) mass is 294 g/mol. The molecule has 8 heteroatoms. The minimum Gasteiger partial charge on any atom is -0.390 e. The van der Waals surface area contributed by atoms with Gasteiger partial charge in [0.1, 0.15) is 11.8 Å². The highest BCUT2D eigenvalue weighted by Gasteiger charge is 2.16. The molecule has 1 aliphatic rings. The van der Waals surface area contributed by atoms with Gasteiger partial charge in [-0.1, -0.05) is 0 Å². The van der Waals surface area contributed by atoms with Gasteiger partial charge in [-0.2, -0.15) is 11.8 Å². The number of rotatable bonds is 4. The molecule has 3 N–H and O–H groups in total. The SMILES string of the molecule is Nc1ncnc2c1ncn2CC(O)CN1CCSCC1. The Morgan fingerprint density at radius 2 is 2.05 bits per heavy atom. The molecule has 0 radical (unpaired) electrons. The van der Waals surface area contributed by atoms with Gasteiger partial charge >= 0.3 is 0 Å².